The average molecular weight is 408 g/mol. The van der Waals surface area contributed by atoms with Gasteiger partial charge in [-0.2, -0.15) is 0 Å². The second kappa shape index (κ2) is 9.05. The van der Waals surface area contributed by atoms with Crippen LogP contribution < -0.4 is 15.4 Å². The van der Waals surface area contributed by atoms with Gasteiger partial charge in [0.1, 0.15) is 5.75 Å². The minimum atomic E-state index is -0.378. The van der Waals surface area contributed by atoms with Gasteiger partial charge in [0.05, 0.1) is 5.75 Å². The van der Waals surface area contributed by atoms with Crippen molar-refractivity contribution in [3.63, 3.8) is 0 Å². The predicted molar refractivity (Wildman–Crippen MR) is 105 cm³/mol. The maximum Gasteiger partial charge on any atom is 0.260 e. The van der Waals surface area contributed by atoms with E-state index < -0.39 is 0 Å². The van der Waals surface area contributed by atoms with Crippen LogP contribution in [-0.4, -0.2) is 65.5 Å². The molecule has 8 nitrogen and oxygen atoms in total. The summed E-state index contributed by atoms with van der Waals surface area (Å²) in [5.74, 6) is 0.498. The van der Waals surface area contributed by atoms with Crippen molar-refractivity contribution < 1.29 is 14.3 Å². The number of amides is 2. The first-order valence-electron chi connectivity index (χ1n) is 8.48. The summed E-state index contributed by atoms with van der Waals surface area (Å²) < 4.78 is 6.31. The van der Waals surface area contributed by atoms with Gasteiger partial charge in [-0.05, 0) is 24.6 Å². The van der Waals surface area contributed by atoms with E-state index in [1.807, 2.05) is 31.2 Å². The summed E-state index contributed by atoms with van der Waals surface area (Å²) in [5.41, 5.74) is 6.24. The SMILES string of the molecule is Cc1cccc(OCC(=O)N2CCN(c3nnc(SCC(N)=O)s3)CC2)c1. The number of primary amides is 1. The standard InChI is InChI=1S/C17H21N5O3S2/c1-12-3-2-4-13(9-12)25-10-15(24)21-5-7-22(8-6-21)16-19-20-17(27-16)26-11-14(18)23/h2-4,9H,5-8,10-11H2,1H3,(H2,18,23). The molecule has 1 aliphatic rings. The minimum absolute atomic E-state index is 0.0221. The Hall–Kier alpha value is -2.33. The molecule has 1 saturated heterocycles. The number of thioether (sulfide) groups is 1. The van der Waals surface area contributed by atoms with E-state index in [-0.39, 0.29) is 24.2 Å². The number of ether oxygens (including phenoxy) is 1. The van der Waals surface area contributed by atoms with Crippen LogP contribution in [0, 0.1) is 6.92 Å². The van der Waals surface area contributed by atoms with Gasteiger partial charge in [0.2, 0.25) is 11.0 Å². The molecule has 27 heavy (non-hydrogen) atoms. The normalized spacial score (nSPS) is 14.3. The number of aromatic nitrogens is 2. The zero-order valence-electron chi connectivity index (χ0n) is 15.0. The minimum Gasteiger partial charge on any atom is -0.484 e. The highest BCUT2D eigenvalue weighted by Crippen LogP contribution is 2.28. The molecule has 1 aromatic carbocycles. The highest BCUT2D eigenvalue weighted by molar-refractivity contribution is 8.01. The Kier molecular flexibility index (Phi) is 6.51. The van der Waals surface area contributed by atoms with Crippen LogP contribution >= 0.6 is 23.1 Å². The van der Waals surface area contributed by atoms with Crippen LogP contribution in [0.3, 0.4) is 0 Å². The fourth-order valence-electron chi connectivity index (χ4n) is 2.61. The lowest BCUT2D eigenvalue weighted by atomic mass is 10.2. The summed E-state index contributed by atoms with van der Waals surface area (Å²) in [6.07, 6.45) is 0. The van der Waals surface area contributed by atoms with Crippen LogP contribution in [0.25, 0.3) is 0 Å². The second-order valence-corrected chi connectivity index (χ2v) is 8.26. The van der Waals surface area contributed by atoms with Gasteiger partial charge in [0.15, 0.2) is 10.9 Å². The average Bonchev–Trinajstić information content (AvgIpc) is 3.14. The van der Waals surface area contributed by atoms with Gasteiger partial charge in [-0.25, -0.2) is 0 Å². The summed E-state index contributed by atoms with van der Waals surface area (Å²) in [5, 5.41) is 9.03. The Labute approximate surface area is 165 Å². The van der Waals surface area contributed by atoms with Crippen LogP contribution in [0.2, 0.25) is 0 Å². The van der Waals surface area contributed by atoms with Crippen LogP contribution in [0.5, 0.6) is 5.75 Å². The van der Waals surface area contributed by atoms with E-state index in [2.05, 4.69) is 15.1 Å². The highest BCUT2D eigenvalue weighted by Gasteiger charge is 2.23. The second-order valence-electron chi connectivity index (χ2n) is 6.08. The Morgan fingerprint density at radius 1 is 1.26 bits per heavy atom. The summed E-state index contributed by atoms with van der Waals surface area (Å²) >= 11 is 2.72. The number of carbonyl (C=O) groups is 2. The largest absolute Gasteiger partial charge is 0.484 e. The molecule has 1 fully saturated rings. The Morgan fingerprint density at radius 2 is 2.04 bits per heavy atom. The zero-order valence-corrected chi connectivity index (χ0v) is 16.6. The molecule has 1 aromatic heterocycles. The van der Waals surface area contributed by atoms with Crippen LogP contribution in [0.4, 0.5) is 5.13 Å². The van der Waals surface area contributed by atoms with E-state index in [0.717, 1.165) is 10.7 Å². The topological polar surface area (TPSA) is 102 Å². The first-order chi connectivity index (χ1) is 13.0. The summed E-state index contributed by atoms with van der Waals surface area (Å²) in [6.45, 7) is 4.62. The molecule has 2 heterocycles. The fourth-order valence-corrected chi connectivity index (χ4v) is 4.24. The Morgan fingerprint density at radius 3 is 2.74 bits per heavy atom. The first kappa shape index (κ1) is 19.4. The summed E-state index contributed by atoms with van der Waals surface area (Å²) in [7, 11) is 0. The first-order valence-corrected chi connectivity index (χ1v) is 10.3. The van der Waals surface area contributed by atoms with Gasteiger partial charge in [-0.1, -0.05) is 35.2 Å². The molecule has 0 spiro atoms. The van der Waals surface area contributed by atoms with Gasteiger partial charge in [0, 0.05) is 26.2 Å². The smallest absolute Gasteiger partial charge is 0.260 e. The molecule has 3 rings (SSSR count). The lowest BCUT2D eigenvalue weighted by molar-refractivity contribution is -0.133. The third-order valence-electron chi connectivity index (χ3n) is 3.99. The number of benzene rings is 1. The number of anilines is 1. The van der Waals surface area contributed by atoms with E-state index in [4.69, 9.17) is 10.5 Å². The van der Waals surface area contributed by atoms with E-state index in [1.54, 1.807) is 4.90 Å². The molecule has 1 aliphatic heterocycles. The monoisotopic (exact) mass is 407 g/mol. The number of rotatable bonds is 7. The third kappa shape index (κ3) is 5.57. The van der Waals surface area contributed by atoms with E-state index in [9.17, 15) is 9.59 Å². The van der Waals surface area contributed by atoms with Crippen molar-refractivity contribution in [2.45, 2.75) is 11.3 Å². The highest BCUT2D eigenvalue weighted by atomic mass is 32.2. The molecule has 0 bridgehead atoms. The van der Waals surface area contributed by atoms with Gasteiger partial charge < -0.3 is 20.3 Å². The summed E-state index contributed by atoms with van der Waals surface area (Å²) in [6, 6.07) is 7.65. The van der Waals surface area contributed by atoms with Crippen LogP contribution in [-0.2, 0) is 9.59 Å². The number of piperazine rings is 1. The Bertz CT molecular complexity index is 805. The number of hydrogen-bond donors (Lipinski definition) is 1. The quantitative estimate of drug-likeness (QED) is 0.687. The molecule has 0 unspecified atom stereocenters. The van der Waals surface area contributed by atoms with Crippen molar-refractivity contribution in [2.75, 3.05) is 43.4 Å². The molecule has 144 valence electrons. The summed E-state index contributed by atoms with van der Waals surface area (Å²) in [4.78, 5) is 27.1. The maximum atomic E-state index is 12.4. The zero-order chi connectivity index (χ0) is 19.2. The van der Waals surface area contributed by atoms with E-state index >= 15 is 0 Å². The number of nitrogens with two attached hydrogens (primary N) is 1. The number of aryl methyl sites for hydroxylation is 1. The lowest BCUT2D eigenvalue weighted by Crippen LogP contribution is -2.50. The lowest BCUT2D eigenvalue weighted by Gasteiger charge is -2.34. The van der Waals surface area contributed by atoms with Crippen molar-refractivity contribution in [2.24, 2.45) is 5.73 Å². The van der Waals surface area contributed by atoms with Gasteiger partial charge in [-0.3, -0.25) is 9.59 Å². The molecule has 2 N–H and O–H groups in total. The van der Waals surface area contributed by atoms with Gasteiger partial charge in [0.25, 0.3) is 5.91 Å². The Balaban J connectivity index is 1.45. The number of carbonyl (C=O) groups excluding carboxylic acids is 2. The van der Waals surface area contributed by atoms with Crippen molar-refractivity contribution in [3.05, 3.63) is 29.8 Å². The third-order valence-corrected chi connectivity index (χ3v) is 6.13. The molecular weight excluding hydrogens is 386 g/mol. The van der Waals surface area contributed by atoms with Crippen LogP contribution in [0.15, 0.2) is 28.6 Å². The molecule has 0 atom stereocenters. The molecule has 10 heteroatoms. The molecule has 2 amide bonds. The van der Waals surface area contributed by atoms with Crippen molar-refractivity contribution >= 4 is 40.0 Å². The predicted octanol–water partition coefficient (Wildman–Crippen LogP) is 1.15. The maximum absolute atomic E-state index is 12.4. The van der Waals surface area contributed by atoms with Crippen molar-refractivity contribution in [1.82, 2.24) is 15.1 Å². The molecular formula is C17H21N5O3S2. The van der Waals surface area contributed by atoms with E-state index in [0.29, 0.717) is 36.3 Å². The van der Waals surface area contributed by atoms with Crippen molar-refractivity contribution in [1.29, 1.82) is 0 Å². The molecule has 0 aliphatic carbocycles. The van der Waals surface area contributed by atoms with Gasteiger partial charge >= 0.3 is 0 Å². The number of hydrogen-bond acceptors (Lipinski definition) is 8. The van der Waals surface area contributed by atoms with Gasteiger partial charge in [-0.15, -0.1) is 10.2 Å². The fraction of sp³-hybridized carbons (Fsp3) is 0.412. The van der Waals surface area contributed by atoms with Crippen molar-refractivity contribution in [3.8, 4) is 5.75 Å². The van der Waals surface area contributed by atoms with Crippen LogP contribution in [0.1, 0.15) is 5.56 Å². The van der Waals surface area contributed by atoms with E-state index in [1.165, 1.54) is 23.1 Å². The molecule has 2 aromatic rings. The molecule has 0 radical (unpaired) electrons. The molecule has 0 saturated carbocycles. The number of nitrogens with zero attached hydrogens (tertiary/aromatic N) is 4.